The van der Waals surface area contributed by atoms with E-state index in [0.717, 1.165) is 0 Å². The molecule has 18 heavy (non-hydrogen) atoms. The maximum atomic E-state index is 10.6. The Bertz CT molecular complexity index is 384. The SMILES string of the molecule is CC(Oc1ccc(OC(C)C(=O)O)cc1)C(=O)O. The standard InChI is InChI=1S/C12H14O6/c1-7(11(13)14)17-9-3-5-10(6-4-9)18-8(2)12(15)16/h3-8H,1-2H3,(H,13,14)(H,15,16). The second kappa shape index (κ2) is 5.90. The minimum atomic E-state index is -1.06. The number of carboxylic acid groups (broad SMARTS) is 2. The van der Waals surface area contributed by atoms with Crippen LogP contribution < -0.4 is 9.47 Å². The predicted octanol–water partition coefficient (Wildman–Crippen LogP) is 1.39. The Morgan fingerprint density at radius 2 is 1.17 bits per heavy atom. The quantitative estimate of drug-likeness (QED) is 0.796. The Labute approximate surface area is 104 Å². The lowest BCUT2D eigenvalue weighted by Gasteiger charge is -2.12. The first-order chi connectivity index (χ1) is 8.40. The van der Waals surface area contributed by atoms with Crippen molar-refractivity contribution in [2.75, 3.05) is 0 Å². The molecule has 0 aliphatic heterocycles. The normalized spacial score (nSPS) is 13.4. The van der Waals surface area contributed by atoms with E-state index in [0.29, 0.717) is 11.5 Å². The minimum absolute atomic E-state index is 0.375. The molecule has 0 radical (unpaired) electrons. The third-order valence-electron chi connectivity index (χ3n) is 2.14. The molecule has 0 saturated carbocycles. The summed E-state index contributed by atoms with van der Waals surface area (Å²) >= 11 is 0. The highest BCUT2D eigenvalue weighted by Gasteiger charge is 2.14. The molecule has 6 heteroatoms. The van der Waals surface area contributed by atoms with Gasteiger partial charge in [-0.3, -0.25) is 0 Å². The van der Waals surface area contributed by atoms with Gasteiger partial charge < -0.3 is 19.7 Å². The summed E-state index contributed by atoms with van der Waals surface area (Å²) < 4.78 is 10.2. The van der Waals surface area contributed by atoms with Crippen LogP contribution in [0.1, 0.15) is 13.8 Å². The van der Waals surface area contributed by atoms with E-state index in [-0.39, 0.29) is 0 Å². The number of hydrogen-bond donors (Lipinski definition) is 2. The highest BCUT2D eigenvalue weighted by molar-refractivity contribution is 5.72. The van der Waals surface area contributed by atoms with E-state index in [2.05, 4.69) is 0 Å². The van der Waals surface area contributed by atoms with Crippen LogP contribution in [0.5, 0.6) is 11.5 Å². The summed E-state index contributed by atoms with van der Waals surface area (Å²) in [6.07, 6.45) is -1.90. The van der Waals surface area contributed by atoms with Gasteiger partial charge in [-0.1, -0.05) is 0 Å². The van der Waals surface area contributed by atoms with Gasteiger partial charge in [0.2, 0.25) is 0 Å². The van der Waals surface area contributed by atoms with E-state index in [1.165, 1.54) is 38.1 Å². The van der Waals surface area contributed by atoms with Gasteiger partial charge in [-0.05, 0) is 38.1 Å². The zero-order valence-corrected chi connectivity index (χ0v) is 9.99. The Hall–Kier alpha value is -2.24. The smallest absolute Gasteiger partial charge is 0.344 e. The summed E-state index contributed by atoms with van der Waals surface area (Å²) in [5.74, 6) is -1.37. The first kappa shape index (κ1) is 13.8. The molecule has 0 aromatic heterocycles. The van der Waals surface area contributed by atoms with E-state index in [4.69, 9.17) is 19.7 Å². The maximum absolute atomic E-state index is 10.6. The van der Waals surface area contributed by atoms with Crippen LogP contribution in [0.3, 0.4) is 0 Å². The van der Waals surface area contributed by atoms with Crippen LogP contribution in [0, 0.1) is 0 Å². The van der Waals surface area contributed by atoms with Gasteiger partial charge in [0.15, 0.2) is 12.2 Å². The fourth-order valence-electron chi connectivity index (χ4n) is 1.11. The Morgan fingerprint density at radius 1 is 0.889 bits per heavy atom. The fraction of sp³-hybridized carbons (Fsp3) is 0.333. The van der Waals surface area contributed by atoms with Crippen molar-refractivity contribution in [3.05, 3.63) is 24.3 Å². The van der Waals surface area contributed by atoms with E-state index < -0.39 is 24.1 Å². The molecule has 0 amide bonds. The highest BCUT2D eigenvalue weighted by atomic mass is 16.5. The van der Waals surface area contributed by atoms with Gasteiger partial charge in [0.1, 0.15) is 11.5 Å². The summed E-state index contributed by atoms with van der Waals surface area (Å²) in [6.45, 7) is 2.83. The molecule has 1 aromatic carbocycles. The number of aliphatic carboxylic acids is 2. The van der Waals surface area contributed by atoms with Gasteiger partial charge in [0.25, 0.3) is 0 Å². The molecule has 98 valence electrons. The van der Waals surface area contributed by atoms with Gasteiger partial charge in [-0.15, -0.1) is 0 Å². The van der Waals surface area contributed by atoms with Crippen LogP contribution in [-0.2, 0) is 9.59 Å². The number of hydrogen-bond acceptors (Lipinski definition) is 4. The lowest BCUT2D eigenvalue weighted by atomic mass is 10.3. The molecule has 6 nitrogen and oxygen atoms in total. The van der Waals surface area contributed by atoms with Crippen molar-refractivity contribution in [1.29, 1.82) is 0 Å². The average molecular weight is 254 g/mol. The van der Waals surface area contributed by atoms with E-state index in [9.17, 15) is 9.59 Å². The molecule has 2 N–H and O–H groups in total. The summed E-state index contributed by atoms with van der Waals surface area (Å²) in [7, 11) is 0. The molecule has 1 rings (SSSR count). The molecule has 2 unspecified atom stereocenters. The molecule has 0 aliphatic rings. The van der Waals surface area contributed by atoms with E-state index in [1.54, 1.807) is 0 Å². The molecular formula is C12H14O6. The van der Waals surface area contributed by atoms with Crippen molar-refractivity contribution in [3.63, 3.8) is 0 Å². The minimum Gasteiger partial charge on any atom is -0.479 e. The highest BCUT2D eigenvalue weighted by Crippen LogP contribution is 2.19. The van der Waals surface area contributed by atoms with Crippen molar-refractivity contribution in [2.45, 2.75) is 26.1 Å². The van der Waals surface area contributed by atoms with Gasteiger partial charge in [0.05, 0.1) is 0 Å². The number of ether oxygens (including phenoxy) is 2. The second-order valence-electron chi connectivity index (χ2n) is 3.67. The Morgan fingerprint density at radius 3 is 1.39 bits per heavy atom. The molecule has 2 atom stereocenters. The van der Waals surface area contributed by atoms with Crippen LogP contribution in [-0.4, -0.2) is 34.4 Å². The number of rotatable bonds is 6. The fourth-order valence-corrected chi connectivity index (χ4v) is 1.11. The predicted molar refractivity (Wildman–Crippen MR) is 61.9 cm³/mol. The average Bonchev–Trinajstić information content (AvgIpc) is 2.31. The molecule has 0 fully saturated rings. The van der Waals surface area contributed by atoms with Crippen LogP contribution in [0.25, 0.3) is 0 Å². The number of carboxylic acids is 2. The van der Waals surface area contributed by atoms with Gasteiger partial charge in [0, 0.05) is 0 Å². The molecule has 0 heterocycles. The van der Waals surface area contributed by atoms with Crippen LogP contribution in [0.2, 0.25) is 0 Å². The summed E-state index contributed by atoms with van der Waals surface area (Å²) in [5.41, 5.74) is 0. The van der Waals surface area contributed by atoms with Crippen molar-refractivity contribution < 1.29 is 29.3 Å². The van der Waals surface area contributed by atoms with Crippen molar-refractivity contribution in [2.24, 2.45) is 0 Å². The molecule has 0 saturated heterocycles. The molecule has 0 spiro atoms. The Balaban J connectivity index is 2.63. The van der Waals surface area contributed by atoms with Crippen LogP contribution in [0.15, 0.2) is 24.3 Å². The monoisotopic (exact) mass is 254 g/mol. The first-order valence-electron chi connectivity index (χ1n) is 5.29. The molecule has 1 aromatic rings. The summed E-state index contributed by atoms with van der Waals surface area (Å²) in [6, 6.07) is 6.07. The van der Waals surface area contributed by atoms with Crippen LogP contribution >= 0.6 is 0 Å². The maximum Gasteiger partial charge on any atom is 0.344 e. The van der Waals surface area contributed by atoms with Crippen molar-refractivity contribution >= 4 is 11.9 Å². The molecular weight excluding hydrogens is 240 g/mol. The van der Waals surface area contributed by atoms with Gasteiger partial charge >= 0.3 is 11.9 Å². The second-order valence-corrected chi connectivity index (χ2v) is 3.67. The lowest BCUT2D eigenvalue weighted by molar-refractivity contribution is -0.145. The Kier molecular flexibility index (Phi) is 4.53. The summed E-state index contributed by atoms with van der Waals surface area (Å²) in [4.78, 5) is 21.2. The number of benzene rings is 1. The number of carbonyl (C=O) groups is 2. The van der Waals surface area contributed by atoms with Crippen molar-refractivity contribution in [1.82, 2.24) is 0 Å². The lowest BCUT2D eigenvalue weighted by Crippen LogP contribution is -2.23. The largest absolute Gasteiger partial charge is 0.479 e. The molecule has 0 aliphatic carbocycles. The third-order valence-corrected chi connectivity index (χ3v) is 2.14. The molecule has 0 bridgehead atoms. The van der Waals surface area contributed by atoms with E-state index in [1.807, 2.05) is 0 Å². The third kappa shape index (κ3) is 3.97. The van der Waals surface area contributed by atoms with Gasteiger partial charge in [-0.25, -0.2) is 9.59 Å². The van der Waals surface area contributed by atoms with Crippen molar-refractivity contribution in [3.8, 4) is 11.5 Å². The van der Waals surface area contributed by atoms with Crippen LogP contribution in [0.4, 0.5) is 0 Å². The zero-order valence-electron chi connectivity index (χ0n) is 9.99. The topological polar surface area (TPSA) is 93.1 Å². The van der Waals surface area contributed by atoms with Gasteiger partial charge in [-0.2, -0.15) is 0 Å². The first-order valence-corrected chi connectivity index (χ1v) is 5.29. The zero-order chi connectivity index (χ0) is 13.7. The summed E-state index contributed by atoms with van der Waals surface area (Å²) in [5, 5.41) is 17.3. The van der Waals surface area contributed by atoms with E-state index >= 15 is 0 Å².